The van der Waals surface area contributed by atoms with Crippen LogP contribution in [-0.2, 0) is 11.2 Å². The SMILES string of the molecule is CNC(Cc1ccc(F)cc1)C1CCOC2(CCCC2)C1. The summed E-state index contributed by atoms with van der Waals surface area (Å²) < 4.78 is 19.2. The first kappa shape index (κ1) is 15.0. The molecule has 1 saturated heterocycles. The maximum absolute atomic E-state index is 13.0. The number of nitrogens with one attached hydrogen (secondary N) is 1. The zero-order chi connectivity index (χ0) is 14.7. The Balaban J connectivity index is 1.66. The van der Waals surface area contributed by atoms with Gasteiger partial charge in [0.2, 0.25) is 0 Å². The second kappa shape index (κ2) is 6.45. The Labute approximate surface area is 127 Å². The van der Waals surface area contributed by atoms with Gasteiger partial charge in [-0.05, 0) is 62.8 Å². The summed E-state index contributed by atoms with van der Waals surface area (Å²) >= 11 is 0. The third-order valence-electron chi connectivity index (χ3n) is 5.35. The number of rotatable bonds is 4. The number of benzene rings is 1. The van der Waals surface area contributed by atoms with Crippen molar-refractivity contribution in [3.05, 3.63) is 35.6 Å². The molecule has 0 aromatic heterocycles. The van der Waals surface area contributed by atoms with Crippen LogP contribution in [0.25, 0.3) is 0 Å². The fourth-order valence-corrected chi connectivity index (χ4v) is 4.16. The van der Waals surface area contributed by atoms with Crippen LogP contribution >= 0.6 is 0 Å². The Hall–Kier alpha value is -0.930. The number of hydrogen-bond donors (Lipinski definition) is 1. The van der Waals surface area contributed by atoms with Crippen molar-refractivity contribution in [2.45, 2.75) is 56.6 Å². The predicted octanol–water partition coefficient (Wildman–Crippen LogP) is 3.70. The summed E-state index contributed by atoms with van der Waals surface area (Å²) in [7, 11) is 2.05. The van der Waals surface area contributed by atoms with Gasteiger partial charge in [-0.15, -0.1) is 0 Å². The first-order chi connectivity index (χ1) is 10.2. The molecular formula is C18H26FNO. The number of hydrogen-bond acceptors (Lipinski definition) is 2. The minimum absolute atomic E-state index is 0.157. The molecule has 2 atom stereocenters. The molecule has 1 aliphatic heterocycles. The molecule has 2 unspecified atom stereocenters. The van der Waals surface area contributed by atoms with Crippen molar-refractivity contribution < 1.29 is 9.13 Å². The van der Waals surface area contributed by atoms with Crippen LogP contribution in [0, 0.1) is 11.7 Å². The summed E-state index contributed by atoms with van der Waals surface area (Å²) in [5, 5.41) is 3.49. The summed E-state index contributed by atoms with van der Waals surface area (Å²) in [5.41, 5.74) is 1.38. The van der Waals surface area contributed by atoms with E-state index in [2.05, 4.69) is 5.32 Å². The van der Waals surface area contributed by atoms with Crippen LogP contribution in [0.3, 0.4) is 0 Å². The molecule has 3 rings (SSSR count). The Morgan fingerprint density at radius 3 is 2.67 bits per heavy atom. The van der Waals surface area contributed by atoms with E-state index in [-0.39, 0.29) is 11.4 Å². The van der Waals surface area contributed by atoms with Crippen LogP contribution in [0.2, 0.25) is 0 Å². The van der Waals surface area contributed by atoms with Crippen LogP contribution in [-0.4, -0.2) is 25.3 Å². The van der Waals surface area contributed by atoms with Gasteiger partial charge in [0.25, 0.3) is 0 Å². The van der Waals surface area contributed by atoms with Gasteiger partial charge in [0.05, 0.1) is 5.60 Å². The molecule has 0 bridgehead atoms. The van der Waals surface area contributed by atoms with Gasteiger partial charge in [-0.3, -0.25) is 0 Å². The van der Waals surface area contributed by atoms with Crippen LogP contribution < -0.4 is 5.32 Å². The lowest BCUT2D eigenvalue weighted by atomic mass is 9.79. The van der Waals surface area contributed by atoms with Crippen LogP contribution in [0.1, 0.15) is 44.1 Å². The Kier molecular flexibility index (Phi) is 4.60. The summed E-state index contributed by atoms with van der Waals surface area (Å²) in [4.78, 5) is 0. The molecule has 1 aromatic carbocycles. The zero-order valence-electron chi connectivity index (χ0n) is 12.9. The molecular weight excluding hydrogens is 265 g/mol. The largest absolute Gasteiger partial charge is 0.375 e. The molecule has 2 aliphatic rings. The van der Waals surface area contributed by atoms with Crippen LogP contribution in [0.4, 0.5) is 4.39 Å². The number of likely N-dealkylation sites (N-methyl/N-ethyl adjacent to an activating group) is 1. The molecule has 2 nitrogen and oxygen atoms in total. The summed E-state index contributed by atoms with van der Waals surface area (Å²) in [6, 6.07) is 7.39. The second-order valence-corrected chi connectivity index (χ2v) is 6.72. The summed E-state index contributed by atoms with van der Waals surface area (Å²) in [5.74, 6) is 0.502. The fraction of sp³-hybridized carbons (Fsp3) is 0.667. The van der Waals surface area contributed by atoms with E-state index in [9.17, 15) is 4.39 Å². The lowest BCUT2D eigenvalue weighted by Crippen LogP contribution is -2.45. The second-order valence-electron chi connectivity index (χ2n) is 6.72. The topological polar surface area (TPSA) is 21.3 Å². The Morgan fingerprint density at radius 2 is 2.00 bits per heavy atom. The molecule has 116 valence electrons. The maximum Gasteiger partial charge on any atom is 0.123 e. The molecule has 0 radical (unpaired) electrons. The third-order valence-corrected chi connectivity index (χ3v) is 5.35. The van der Waals surface area contributed by atoms with Gasteiger partial charge < -0.3 is 10.1 Å². The third kappa shape index (κ3) is 3.46. The van der Waals surface area contributed by atoms with Gasteiger partial charge in [0, 0.05) is 12.6 Å². The van der Waals surface area contributed by atoms with Crippen molar-refractivity contribution in [3.63, 3.8) is 0 Å². The van der Waals surface area contributed by atoms with Gasteiger partial charge in [-0.2, -0.15) is 0 Å². The molecule has 1 spiro atoms. The molecule has 21 heavy (non-hydrogen) atoms. The molecule has 1 aromatic rings. The van der Waals surface area contributed by atoms with Crippen molar-refractivity contribution >= 4 is 0 Å². The Bertz CT molecular complexity index is 453. The van der Waals surface area contributed by atoms with Crippen molar-refractivity contribution in [2.24, 2.45) is 5.92 Å². The highest BCUT2D eigenvalue weighted by atomic mass is 19.1. The molecule has 1 saturated carbocycles. The van der Waals surface area contributed by atoms with Crippen LogP contribution in [0.5, 0.6) is 0 Å². The molecule has 2 fully saturated rings. The average molecular weight is 291 g/mol. The molecule has 1 heterocycles. The maximum atomic E-state index is 13.0. The zero-order valence-corrected chi connectivity index (χ0v) is 12.9. The summed E-state index contributed by atoms with van der Waals surface area (Å²) in [6.45, 7) is 0.895. The highest BCUT2D eigenvalue weighted by Crippen LogP contribution is 2.43. The van der Waals surface area contributed by atoms with Gasteiger partial charge in [0.15, 0.2) is 0 Å². The lowest BCUT2D eigenvalue weighted by Gasteiger charge is -2.41. The average Bonchev–Trinajstić information content (AvgIpc) is 2.94. The van der Waals surface area contributed by atoms with Gasteiger partial charge in [-0.25, -0.2) is 4.39 Å². The van der Waals surface area contributed by atoms with E-state index in [4.69, 9.17) is 4.74 Å². The number of halogens is 1. The highest BCUT2D eigenvalue weighted by Gasteiger charge is 2.41. The van der Waals surface area contributed by atoms with Gasteiger partial charge in [0.1, 0.15) is 5.82 Å². The quantitative estimate of drug-likeness (QED) is 0.913. The molecule has 3 heteroatoms. The van der Waals surface area contributed by atoms with E-state index in [0.717, 1.165) is 19.4 Å². The predicted molar refractivity (Wildman–Crippen MR) is 82.8 cm³/mol. The van der Waals surface area contributed by atoms with E-state index in [1.807, 2.05) is 19.2 Å². The van der Waals surface area contributed by atoms with Gasteiger partial charge >= 0.3 is 0 Å². The van der Waals surface area contributed by atoms with E-state index in [1.165, 1.54) is 37.7 Å². The first-order valence-corrected chi connectivity index (χ1v) is 8.26. The molecule has 1 aliphatic carbocycles. The smallest absolute Gasteiger partial charge is 0.123 e. The van der Waals surface area contributed by atoms with E-state index < -0.39 is 0 Å². The minimum atomic E-state index is -0.157. The fourth-order valence-electron chi connectivity index (χ4n) is 4.16. The highest BCUT2D eigenvalue weighted by molar-refractivity contribution is 5.17. The van der Waals surface area contributed by atoms with Crippen molar-refractivity contribution in [1.29, 1.82) is 0 Å². The normalized spacial score (nSPS) is 26.1. The molecule has 1 N–H and O–H groups in total. The van der Waals surface area contributed by atoms with E-state index in [0.29, 0.717) is 12.0 Å². The van der Waals surface area contributed by atoms with Crippen LogP contribution in [0.15, 0.2) is 24.3 Å². The van der Waals surface area contributed by atoms with E-state index in [1.54, 1.807) is 12.1 Å². The van der Waals surface area contributed by atoms with Crippen molar-refractivity contribution in [3.8, 4) is 0 Å². The first-order valence-electron chi connectivity index (χ1n) is 8.26. The monoisotopic (exact) mass is 291 g/mol. The Morgan fingerprint density at radius 1 is 1.29 bits per heavy atom. The van der Waals surface area contributed by atoms with E-state index >= 15 is 0 Å². The lowest BCUT2D eigenvalue weighted by molar-refractivity contribution is -0.0975. The van der Waals surface area contributed by atoms with Gasteiger partial charge in [-0.1, -0.05) is 25.0 Å². The van der Waals surface area contributed by atoms with Crippen molar-refractivity contribution in [2.75, 3.05) is 13.7 Å². The standard InChI is InChI=1S/C18H26FNO/c1-20-17(12-14-4-6-16(19)7-5-14)15-8-11-21-18(13-15)9-2-3-10-18/h4-7,15,17,20H,2-3,8-13H2,1H3. The molecule has 0 amide bonds. The minimum Gasteiger partial charge on any atom is -0.375 e. The van der Waals surface area contributed by atoms with Crippen molar-refractivity contribution in [1.82, 2.24) is 5.32 Å². The summed E-state index contributed by atoms with van der Waals surface area (Å²) in [6.07, 6.45) is 8.38. The number of ether oxygens (including phenoxy) is 1.